The molecule has 0 atom stereocenters. The van der Waals surface area contributed by atoms with Gasteiger partial charge < -0.3 is 20.8 Å². The maximum atomic E-state index is 12.0. The van der Waals surface area contributed by atoms with Gasteiger partial charge in [-0.25, -0.2) is 4.98 Å². The van der Waals surface area contributed by atoms with Crippen molar-refractivity contribution < 1.29 is 9.21 Å². The molecular weight excluding hydrogens is 264 g/mol. The van der Waals surface area contributed by atoms with Crippen LogP contribution in [-0.4, -0.2) is 16.9 Å². The predicted octanol–water partition coefficient (Wildman–Crippen LogP) is 2.07. The molecule has 0 aliphatic rings. The van der Waals surface area contributed by atoms with Crippen LogP contribution in [0.15, 0.2) is 22.8 Å². The molecule has 0 saturated heterocycles. The Bertz CT molecular complexity index is 548. The van der Waals surface area contributed by atoms with Gasteiger partial charge in [0.15, 0.2) is 5.13 Å². The van der Waals surface area contributed by atoms with Crippen LogP contribution in [0.1, 0.15) is 29.3 Å². The minimum Gasteiger partial charge on any atom is -0.467 e. The molecule has 0 fully saturated rings. The highest BCUT2D eigenvalue weighted by Crippen LogP contribution is 2.25. The van der Waals surface area contributed by atoms with Crippen molar-refractivity contribution in [3.8, 4) is 0 Å². The lowest BCUT2D eigenvalue weighted by molar-refractivity contribution is 0.0953. The summed E-state index contributed by atoms with van der Waals surface area (Å²) < 4.78 is 5.14. The summed E-state index contributed by atoms with van der Waals surface area (Å²) in [5.74, 6) is 0.685. The Morgan fingerprint density at radius 2 is 2.37 bits per heavy atom. The van der Waals surface area contributed by atoms with E-state index in [4.69, 9.17) is 10.2 Å². The van der Waals surface area contributed by atoms with Crippen LogP contribution in [0.5, 0.6) is 0 Å². The van der Waals surface area contributed by atoms with Crippen LogP contribution >= 0.6 is 11.3 Å². The quantitative estimate of drug-likeness (QED) is 0.779. The number of aromatic nitrogens is 1. The molecule has 0 aromatic carbocycles. The van der Waals surface area contributed by atoms with Gasteiger partial charge in [-0.15, -0.1) is 0 Å². The van der Waals surface area contributed by atoms with E-state index in [0.29, 0.717) is 22.3 Å². The molecular formula is C12H16N4O2S. The highest BCUT2D eigenvalue weighted by molar-refractivity contribution is 7.18. The predicted molar refractivity (Wildman–Crippen MR) is 75.2 cm³/mol. The van der Waals surface area contributed by atoms with Crippen molar-refractivity contribution in [1.82, 2.24) is 10.3 Å². The number of amides is 1. The molecule has 4 N–H and O–H groups in total. The van der Waals surface area contributed by atoms with Crippen molar-refractivity contribution in [2.75, 3.05) is 11.1 Å². The SMILES string of the molecule is CC(C)Nc1nc(N)c(C(=O)NCc2ccco2)s1. The zero-order valence-corrected chi connectivity index (χ0v) is 11.6. The summed E-state index contributed by atoms with van der Waals surface area (Å²) in [6.45, 7) is 4.32. The first-order chi connectivity index (χ1) is 9.06. The zero-order chi connectivity index (χ0) is 13.8. The molecule has 1 amide bonds. The summed E-state index contributed by atoms with van der Waals surface area (Å²) in [7, 11) is 0. The summed E-state index contributed by atoms with van der Waals surface area (Å²) >= 11 is 1.24. The van der Waals surface area contributed by atoms with Crippen LogP contribution in [0, 0.1) is 0 Å². The van der Waals surface area contributed by atoms with Gasteiger partial charge in [0.1, 0.15) is 16.5 Å². The highest BCUT2D eigenvalue weighted by atomic mass is 32.1. The van der Waals surface area contributed by atoms with E-state index in [1.54, 1.807) is 18.4 Å². The van der Waals surface area contributed by atoms with E-state index in [1.807, 2.05) is 13.8 Å². The van der Waals surface area contributed by atoms with E-state index in [-0.39, 0.29) is 17.8 Å². The van der Waals surface area contributed by atoms with Crippen LogP contribution in [-0.2, 0) is 6.54 Å². The summed E-state index contributed by atoms with van der Waals surface area (Å²) in [6, 6.07) is 3.81. The maximum absolute atomic E-state index is 12.0. The number of hydrogen-bond donors (Lipinski definition) is 3. The number of hydrogen-bond acceptors (Lipinski definition) is 6. The van der Waals surface area contributed by atoms with Gasteiger partial charge in [-0.05, 0) is 26.0 Å². The zero-order valence-electron chi connectivity index (χ0n) is 10.8. The normalized spacial score (nSPS) is 10.7. The Morgan fingerprint density at radius 3 is 3.00 bits per heavy atom. The molecule has 2 heterocycles. The van der Waals surface area contributed by atoms with Gasteiger partial charge in [-0.1, -0.05) is 11.3 Å². The fraction of sp³-hybridized carbons (Fsp3) is 0.333. The summed E-state index contributed by atoms with van der Waals surface area (Å²) in [5, 5.41) is 6.51. The number of carbonyl (C=O) groups is 1. The average Bonchev–Trinajstić information content (AvgIpc) is 2.95. The van der Waals surface area contributed by atoms with Crippen molar-refractivity contribution in [2.45, 2.75) is 26.4 Å². The van der Waals surface area contributed by atoms with E-state index in [2.05, 4.69) is 15.6 Å². The molecule has 0 unspecified atom stereocenters. The van der Waals surface area contributed by atoms with Crippen LogP contribution in [0.3, 0.4) is 0 Å². The largest absolute Gasteiger partial charge is 0.467 e. The number of nitrogen functional groups attached to an aromatic ring is 1. The molecule has 102 valence electrons. The standard InChI is InChI=1S/C12H16N4O2S/c1-7(2)15-12-16-10(13)9(19-12)11(17)14-6-8-4-3-5-18-8/h3-5,7H,6,13H2,1-2H3,(H,14,17)(H,15,16). The Kier molecular flexibility index (Phi) is 4.06. The van der Waals surface area contributed by atoms with E-state index >= 15 is 0 Å². The number of carbonyl (C=O) groups excluding carboxylic acids is 1. The van der Waals surface area contributed by atoms with Gasteiger partial charge in [-0.2, -0.15) is 0 Å². The van der Waals surface area contributed by atoms with Gasteiger partial charge in [0, 0.05) is 6.04 Å². The molecule has 0 aliphatic heterocycles. The lowest BCUT2D eigenvalue weighted by Gasteiger charge is -2.04. The molecule has 6 nitrogen and oxygen atoms in total. The first kappa shape index (κ1) is 13.4. The molecule has 0 saturated carbocycles. The third-order valence-electron chi connectivity index (χ3n) is 2.28. The highest BCUT2D eigenvalue weighted by Gasteiger charge is 2.16. The Hall–Kier alpha value is -2.02. The average molecular weight is 280 g/mol. The van der Waals surface area contributed by atoms with Gasteiger partial charge in [0.25, 0.3) is 5.91 Å². The van der Waals surface area contributed by atoms with Crippen LogP contribution < -0.4 is 16.4 Å². The topological polar surface area (TPSA) is 93.2 Å². The van der Waals surface area contributed by atoms with E-state index in [1.165, 1.54) is 11.3 Å². The number of nitrogens with zero attached hydrogens (tertiary/aromatic N) is 1. The van der Waals surface area contributed by atoms with Crippen LogP contribution in [0.4, 0.5) is 10.9 Å². The Morgan fingerprint density at radius 1 is 1.58 bits per heavy atom. The van der Waals surface area contributed by atoms with E-state index in [0.717, 1.165) is 0 Å². The van der Waals surface area contributed by atoms with Crippen molar-refractivity contribution in [2.24, 2.45) is 0 Å². The molecule has 0 aliphatic carbocycles. The fourth-order valence-electron chi connectivity index (χ4n) is 1.46. The lowest BCUT2D eigenvalue weighted by Crippen LogP contribution is -2.22. The number of furan rings is 1. The Balaban J connectivity index is 2.00. The van der Waals surface area contributed by atoms with Crippen LogP contribution in [0.25, 0.3) is 0 Å². The maximum Gasteiger partial charge on any atom is 0.265 e. The molecule has 0 radical (unpaired) electrons. The van der Waals surface area contributed by atoms with E-state index < -0.39 is 0 Å². The van der Waals surface area contributed by atoms with Crippen molar-refractivity contribution in [1.29, 1.82) is 0 Å². The van der Waals surface area contributed by atoms with Crippen molar-refractivity contribution in [3.05, 3.63) is 29.0 Å². The van der Waals surface area contributed by atoms with Crippen molar-refractivity contribution in [3.63, 3.8) is 0 Å². The number of nitrogens with two attached hydrogens (primary N) is 1. The van der Waals surface area contributed by atoms with Gasteiger partial charge in [0.2, 0.25) is 0 Å². The Labute approximate surface area is 115 Å². The number of rotatable bonds is 5. The monoisotopic (exact) mass is 280 g/mol. The summed E-state index contributed by atoms with van der Waals surface area (Å²) in [5.41, 5.74) is 5.74. The second-order valence-electron chi connectivity index (χ2n) is 4.29. The fourth-order valence-corrected chi connectivity index (χ4v) is 2.41. The molecule has 2 aromatic heterocycles. The lowest BCUT2D eigenvalue weighted by atomic mass is 10.4. The molecule has 0 bridgehead atoms. The minimum absolute atomic E-state index is 0.240. The third kappa shape index (κ3) is 3.47. The van der Waals surface area contributed by atoms with Crippen molar-refractivity contribution >= 4 is 28.2 Å². The molecule has 7 heteroatoms. The number of nitrogens with one attached hydrogen (secondary N) is 2. The van der Waals surface area contributed by atoms with E-state index in [9.17, 15) is 4.79 Å². The summed E-state index contributed by atoms with van der Waals surface area (Å²) in [4.78, 5) is 16.5. The molecule has 2 aromatic rings. The van der Waals surface area contributed by atoms with Crippen LogP contribution in [0.2, 0.25) is 0 Å². The number of thiazole rings is 1. The molecule has 2 rings (SSSR count). The smallest absolute Gasteiger partial charge is 0.265 e. The molecule has 19 heavy (non-hydrogen) atoms. The first-order valence-corrected chi connectivity index (χ1v) is 6.71. The third-order valence-corrected chi connectivity index (χ3v) is 3.28. The van der Waals surface area contributed by atoms with Gasteiger partial charge in [-0.3, -0.25) is 4.79 Å². The number of anilines is 2. The van der Waals surface area contributed by atoms with Gasteiger partial charge >= 0.3 is 0 Å². The molecule has 0 spiro atoms. The second kappa shape index (κ2) is 5.75. The summed E-state index contributed by atoms with van der Waals surface area (Å²) in [6.07, 6.45) is 1.56. The van der Waals surface area contributed by atoms with Gasteiger partial charge in [0.05, 0.1) is 12.8 Å². The first-order valence-electron chi connectivity index (χ1n) is 5.89. The second-order valence-corrected chi connectivity index (χ2v) is 5.29. The minimum atomic E-state index is -0.247.